The fourth-order valence-corrected chi connectivity index (χ4v) is 3.96. The highest BCUT2D eigenvalue weighted by Crippen LogP contribution is 2.35. The Morgan fingerprint density at radius 1 is 1.30 bits per heavy atom. The molecular weight excluding hydrogens is 264 g/mol. The topological polar surface area (TPSA) is 38.9 Å². The number of benzene rings is 1. The number of aromatic nitrogens is 1. The third kappa shape index (κ3) is 2.74. The molecule has 0 saturated heterocycles. The van der Waals surface area contributed by atoms with E-state index in [2.05, 4.69) is 42.2 Å². The van der Waals surface area contributed by atoms with Crippen molar-refractivity contribution in [1.29, 1.82) is 0 Å². The van der Waals surface area contributed by atoms with Gasteiger partial charge in [-0.15, -0.1) is 11.8 Å². The van der Waals surface area contributed by atoms with E-state index >= 15 is 0 Å². The molecule has 2 nitrogen and oxygen atoms in total. The third-order valence-electron chi connectivity index (χ3n) is 4.04. The summed E-state index contributed by atoms with van der Waals surface area (Å²) in [7, 11) is 0. The van der Waals surface area contributed by atoms with E-state index in [0.29, 0.717) is 5.92 Å². The zero-order valence-corrected chi connectivity index (χ0v) is 12.6. The monoisotopic (exact) mass is 284 g/mol. The molecule has 0 radical (unpaired) electrons. The molecule has 0 aliphatic heterocycles. The molecule has 2 N–H and O–H groups in total. The largest absolute Gasteiger partial charge is 0.326 e. The first-order valence-electron chi connectivity index (χ1n) is 7.13. The molecule has 2 unspecified atom stereocenters. The summed E-state index contributed by atoms with van der Waals surface area (Å²) in [6.07, 6.45) is 4.15. The summed E-state index contributed by atoms with van der Waals surface area (Å²) in [6, 6.07) is 12.9. The number of fused-ring (bicyclic) bond motifs is 1. The normalized spacial score (nSPS) is 18.8. The molecule has 1 aromatic heterocycles. The molecule has 3 heteroatoms. The van der Waals surface area contributed by atoms with Gasteiger partial charge in [-0.1, -0.05) is 24.3 Å². The molecule has 1 aliphatic rings. The Morgan fingerprint density at radius 2 is 2.15 bits per heavy atom. The Bertz CT molecular complexity index is 597. The Hall–Kier alpha value is -1.32. The number of rotatable bonds is 4. The third-order valence-corrected chi connectivity index (χ3v) is 5.36. The molecule has 2 aromatic rings. The van der Waals surface area contributed by atoms with Crippen molar-refractivity contribution in [2.45, 2.75) is 36.6 Å². The second-order valence-corrected chi connectivity index (χ2v) is 6.50. The van der Waals surface area contributed by atoms with Crippen LogP contribution in [0.2, 0.25) is 0 Å². The second kappa shape index (κ2) is 5.98. The Labute approximate surface area is 124 Å². The molecule has 0 saturated carbocycles. The summed E-state index contributed by atoms with van der Waals surface area (Å²) >= 11 is 1.86. The van der Waals surface area contributed by atoms with Gasteiger partial charge in [-0.2, -0.15) is 0 Å². The lowest BCUT2D eigenvalue weighted by Crippen LogP contribution is -2.30. The predicted molar refractivity (Wildman–Crippen MR) is 85.2 cm³/mol. The van der Waals surface area contributed by atoms with E-state index in [1.54, 1.807) is 0 Å². The van der Waals surface area contributed by atoms with Crippen LogP contribution in [0.5, 0.6) is 0 Å². The van der Waals surface area contributed by atoms with Crippen LogP contribution in [0, 0.1) is 6.92 Å². The van der Waals surface area contributed by atoms with E-state index in [1.807, 2.05) is 24.0 Å². The average Bonchev–Trinajstić information content (AvgIpc) is 2.90. The van der Waals surface area contributed by atoms with Gasteiger partial charge >= 0.3 is 0 Å². The number of nitrogens with two attached hydrogens (primary N) is 1. The van der Waals surface area contributed by atoms with Crippen LogP contribution in [-0.2, 0) is 6.42 Å². The van der Waals surface area contributed by atoms with E-state index in [1.165, 1.54) is 21.7 Å². The summed E-state index contributed by atoms with van der Waals surface area (Å²) in [4.78, 5) is 5.88. The number of hydrogen-bond acceptors (Lipinski definition) is 3. The molecule has 20 heavy (non-hydrogen) atoms. The SMILES string of the molecule is Cc1ccccc1SCC(N)C1CCc2cccnc21. The quantitative estimate of drug-likeness (QED) is 0.873. The van der Waals surface area contributed by atoms with Crippen LogP contribution >= 0.6 is 11.8 Å². The molecule has 2 atom stereocenters. The molecule has 1 aliphatic carbocycles. The van der Waals surface area contributed by atoms with Gasteiger partial charge < -0.3 is 5.73 Å². The van der Waals surface area contributed by atoms with E-state index in [-0.39, 0.29) is 6.04 Å². The van der Waals surface area contributed by atoms with Crippen molar-refractivity contribution in [1.82, 2.24) is 4.98 Å². The van der Waals surface area contributed by atoms with Crippen molar-refractivity contribution < 1.29 is 0 Å². The summed E-state index contributed by atoms with van der Waals surface area (Å²) in [5.74, 6) is 1.37. The molecule has 0 spiro atoms. The van der Waals surface area contributed by atoms with Crippen molar-refractivity contribution in [3.8, 4) is 0 Å². The smallest absolute Gasteiger partial charge is 0.0482 e. The molecule has 3 rings (SSSR count). The van der Waals surface area contributed by atoms with Gasteiger partial charge in [0.1, 0.15) is 0 Å². The van der Waals surface area contributed by atoms with Crippen molar-refractivity contribution in [2.75, 3.05) is 5.75 Å². The van der Waals surface area contributed by atoms with Crippen LogP contribution in [0.1, 0.15) is 29.2 Å². The molecular formula is C17H20N2S. The van der Waals surface area contributed by atoms with Crippen molar-refractivity contribution >= 4 is 11.8 Å². The fourth-order valence-electron chi connectivity index (χ4n) is 2.88. The molecule has 104 valence electrons. The maximum Gasteiger partial charge on any atom is 0.0482 e. The first-order chi connectivity index (χ1) is 9.75. The predicted octanol–water partition coefficient (Wildman–Crippen LogP) is 3.54. The highest BCUT2D eigenvalue weighted by atomic mass is 32.2. The van der Waals surface area contributed by atoms with Gasteiger partial charge in [-0.25, -0.2) is 0 Å². The van der Waals surface area contributed by atoms with Gasteiger partial charge in [0.25, 0.3) is 0 Å². The first kappa shape index (κ1) is 13.7. The summed E-state index contributed by atoms with van der Waals surface area (Å²) < 4.78 is 0. The minimum Gasteiger partial charge on any atom is -0.326 e. The summed E-state index contributed by atoms with van der Waals surface area (Å²) in [5, 5.41) is 0. The Kier molecular flexibility index (Phi) is 4.08. The van der Waals surface area contributed by atoms with Gasteiger partial charge in [-0.3, -0.25) is 4.98 Å². The van der Waals surface area contributed by atoms with Gasteiger partial charge in [0.05, 0.1) is 0 Å². The van der Waals surface area contributed by atoms with Crippen LogP contribution < -0.4 is 5.73 Å². The number of pyridine rings is 1. The van der Waals surface area contributed by atoms with E-state index in [0.717, 1.165) is 18.6 Å². The van der Waals surface area contributed by atoms with Gasteiger partial charge in [0.2, 0.25) is 0 Å². The van der Waals surface area contributed by atoms with Crippen LogP contribution in [0.4, 0.5) is 0 Å². The van der Waals surface area contributed by atoms with Crippen LogP contribution in [0.15, 0.2) is 47.5 Å². The highest BCUT2D eigenvalue weighted by Gasteiger charge is 2.28. The lowest BCUT2D eigenvalue weighted by Gasteiger charge is -2.19. The summed E-state index contributed by atoms with van der Waals surface area (Å²) in [5.41, 5.74) is 10.4. The van der Waals surface area contributed by atoms with Crippen molar-refractivity contribution in [3.63, 3.8) is 0 Å². The van der Waals surface area contributed by atoms with E-state index in [4.69, 9.17) is 5.73 Å². The minimum absolute atomic E-state index is 0.177. The molecule has 0 bridgehead atoms. The standard InChI is InChI=1S/C17H20N2S/c1-12-5-2-3-7-16(12)20-11-15(18)14-9-8-13-6-4-10-19-17(13)14/h2-7,10,14-15H,8-9,11,18H2,1H3. The molecule has 0 fully saturated rings. The number of aryl methyl sites for hydroxylation is 2. The number of hydrogen-bond donors (Lipinski definition) is 1. The average molecular weight is 284 g/mol. The molecule has 1 heterocycles. The van der Waals surface area contributed by atoms with Gasteiger partial charge in [0, 0.05) is 34.5 Å². The molecule has 0 amide bonds. The maximum atomic E-state index is 6.43. The van der Waals surface area contributed by atoms with Crippen molar-refractivity contribution in [3.05, 3.63) is 59.4 Å². The van der Waals surface area contributed by atoms with Crippen molar-refractivity contribution in [2.24, 2.45) is 5.73 Å². The van der Waals surface area contributed by atoms with Crippen LogP contribution in [-0.4, -0.2) is 16.8 Å². The highest BCUT2D eigenvalue weighted by molar-refractivity contribution is 7.99. The first-order valence-corrected chi connectivity index (χ1v) is 8.12. The van der Waals surface area contributed by atoms with Crippen LogP contribution in [0.3, 0.4) is 0 Å². The maximum absolute atomic E-state index is 6.43. The van der Waals surface area contributed by atoms with Crippen LogP contribution in [0.25, 0.3) is 0 Å². The lowest BCUT2D eigenvalue weighted by atomic mass is 9.99. The Balaban J connectivity index is 1.66. The summed E-state index contributed by atoms with van der Waals surface area (Å²) in [6.45, 7) is 2.15. The molecule has 1 aromatic carbocycles. The number of nitrogens with zero attached hydrogens (tertiary/aromatic N) is 1. The Morgan fingerprint density at radius 3 is 3.00 bits per heavy atom. The van der Waals surface area contributed by atoms with Gasteiger partial charge in [-0.05, 0) is 43.0 Å². The van der Waals surface area contributed by atoms with E-state index in [9.17, 15) is 0 Å². The zero-order valence-electron chi connectivity index (χ0n) is 11.8. The minimum atomic E-state index is 0.177. The zero-order chi connectivity index (χ0) is 13.9. The second-order valence-electron chi connectivity index (χ2n) is 5.43. The fraction of sp³-hybridized carbons (Fsp3) is 0.353. The van der Waals surface area contributed by atoms with Gasteiger partial charge in [0.15, 0.2) is 0 Å². The lowest BCUT2D eigenvalue weighted by molar-refractivity contribution is 0.561. The number of thioether (sulfide) groups is 1. The van der Waals surface area contributed by atoms with E-state index < -0.39 is 0 Å².